The lowest BCUT2D eigenvalue weighted by Crippen LogP contribution is -2.15. The molecule has 0 bridgehead atoms. The van der Waals surface area contributed by atoms with E-state index in [2.05, 4.69) is 55.2 Å². The van der Waals surface area contributed by atoms with Gasteiger partial charge >= 0.3 is 0 Å². The third-order valence-corrected chi connectivity index (χ3v) is 5.66. The summed E-state index contributed by atoms with van der Waals surface area (Å²) in [5, 5.41) is 4.33. The Labute approximate surface area is 128 Å². The minimum absolute atomic E-state index is 0.844. The minimum atomic E-state index is 0.844. The predicted octanol–water partition coefficient (Wildman–Crippen LogP) is 5.25. The normalized spacial score (nSPS) is 22.9. The van der Waals surface area contributed by atoms with Crippen LogP contribution in [-0.4, -0.2) is 11.8 Å². The average molecular weight is 292 g/mol. The van der Waals surface area contributed by atoms with Crippen molar-refractivity contribution >= 4 is 11.8 Å². The molecular formula is C18H29NS. The molecule has 0 atom stereocenters. The maximum atomic E-state index is 3.49. The standard InChI is InChI=1S/C18H29NS/c1-3-12-19-14-16-6-5-7-18(13-16)20-17-10-8-15(4-2)9-11-17/h5-7,13,15,17,19H,3-4,8-12,14H2,1-2H3. The predicted molar refractivity (Wildman–Crippen MR) is 90.3 cm³/mol. The van der Waals surface area contributed by atoms with Crippen molar-refractivity contribution < 1.29 is 0 Å². The molecule has 1 nitrogen and oxygen atoms in total. The molecular weight excluding hydrogens is 262 g/mol. The van der Waals surface area contributed by atoms with Gasteiger partial charge in [0.15, 0.2) is 0 Å². The fourth-order valence-corrected chi connectivity index (χ4v) is 4.26. The molecule has 0 radical (unpaired) electrons. The third kappa shape index (κ3) is 5.14. The fraction of sp³-hybridized carbons (Fsp3) is 0.667. The Morgan fingerprint density at radius 3 is 2.65 bits per heavy atom. The molecule has 0 saturated heterocycles. The van der Waals surface area contributed by atoms with E-state index in [-0.39, 0.29) is 0 Å². The Balaban J connectivity index is 1.82. The Bertz CT molecular complexity index is 383. The Hall–Kier alpha value is -0.470. The number of rotatable bonds is 7. The van der Waals surface area contributed by atoms with E-state index in [0.29, 0.717) is 0 Å². The molecule has 2 heteroatoms. The number of benzene rings is 1. The number of hydrogen-bond donors (Lipinski definition) is 1. The smallest absolute Gasteiger partial charge is 0.0205 e. The first-order valence-electron chi connectivity index (χ1n) is 8.28. The van der Waals surface area contributed by atoms with Crippen LogP contribution < -0.4 is 5.32 Å². The van der Waals surface area contributed by atoms with Crippen LogP contribution in [0.25, 0.3) is 0 Å². The summed E-state index contributed by atoms with van der Waals surface area (Å²) in [4.78, 5) is 1.46. The van der Waals surface area contributed by atoms with E-state index in [1.54, 1.807) is 0 Å². The molecule has 0 spiro atoms. The summed E-state index contributed by atoms with van der Waals surface area (Å²) in [5.74, 6) is 0.997. The van der Waals surface area contributed by atoms with Crippen molar-refractivity contribution in [1.29, 1.82) is 0 Å². The molecule has 112 valence electrons. The second-order valence-corrected chi connectivity index (χ2v) is 7.37. The van der Waals surface area contributed by atoms with E-state index in [1.807, 2.05) is 0 Å². The lowest BCUT2D eigenvalue weighted by atomic mass is 9.87. The first-order chi connectivity index (χ1) is 9.81. The SMILES string of the molecule is CCCNCc1cccc(SC2CCC(CC)CC2)c1. The summed E-state index contributed by atoms with van der Waals surface area (Å²) < 4.78 is 0. The molecule has 0 amide bonds. The van der Waals surface area contributed by atoms with Crippen molar-refractivity contribution in [2.24, 2.45) is 5.92 Å². The van der Waals surface area contributed by atoms with Crippen LogP contribution in [0.1, 0.15) is 57.9 Å². The van der Waals surface area contributed by atoms with E-state index < -0.39 is 0 Å². The number of hydrogen-bond acceptors (Lipinski definition) is 2. The summed E-state index contributed by atoms with van der Waals surface area (Å²) >= 11 is 2.10. The molecule has 0 unspecified atom stereocenters. The van der Waals surface area contributed by atoms with Crippen LogP contribution in [0.3, 0.4) is 0 Å². The van der Waals surface area contributed by atoms with Gasteiger partial charge < -0.3 is 5.32 Å². The highest BCUT2D eigenvalue weighted by Crippen LogP contribution is 2.37. The summed E-state index contributed by atoms with van der Waals surface area (Å²) in [6.45, 7) is 6.67. The summed E-state index contributed by atoms with van der Waals surface area (Å²) in [5.41, 5.74) is 1.42. The van der Waals surface area contributed by atoms with Gasteiger partial charge in [-0.1, -0.05) is 32.4 Å². The molecule has 1 aliphatic carbocycles. The Kier molecular flexibility index (Phi) is 6.95. The van der Waals surface area contributed by atoms with Gasteiger partial charge in [-0.25, -0.2) is 0 Å². The van der Waals surface area contributed by atoms with E-state index in [0.717, 1.165) is 24.3 Å². The van der Waals surface area contributed by atoms with Crippen molar-refractivity contribution in [3.8, 4) is 0 Å². The molecule has 1 aliphatic rings. The largest absolute Gasteiger partial charge is 0.313 e. The highest BCUT2D eigenvalue weighted by atomic mass is 32.2. The van der Waals surface area contributed by atoms with E-state index in [9.17, 15) is 0 Å². The first-order valence-corrected chi connectivity index (χ1v) is 9.16. The second kappa shape index (κ2) is 8.74. The van der Waals surface area contributed by atoms with Crippen LogP contribution in [0.15, 0.2) is 29.2 Å². The van der Waals surface area contributed by atoms with Gasteiger partial charge in [-0.3, -0.25) is 0 Å². The van der Waals surface area contributed by atoms with Gasteiger partial charge in [-0.2, -0.15) is 0 Å². The van der Waals surface area contributed by atoms with E-state index >= 15 is 0 Å². The van der Waals surface area contributed by atoms with Gasteiger partial charge in [-0.15, -0.1) is 11.8 Å². The zero-order chi connectivity index (χ0) is 14.2. The lowest BCUT2D eigenvalue weighted by Gasteiger charge is -2.27. The van der Waals surface area contributed by atoms with E-state index in [1.165, 1.54) is 49.0 Å². The van der Waals surface area contributed by atoms with E-state index in [4.69, 9.17) is 0 Å². The molecule has 20 heavy (non-hydrogen) atoms. The molecule has 1 aromatic rings. The molecule has 0 aliphatic heterocycles. The van der Waals surface area contributed by atoms with Crippen LogP contribution in [0.2, 0.25) is 0 Å². The molecule has 2 rings (SSSR count). The monoisotopic (exact) mass is 291 g/mol. The minimum Gasteiger partial charge on any atom is -0.313 e. The van der Waals surface area contributed by atoms with Crippen LogP contribution >= 0.6 is 11.8 Å². The van der Waals surface area contributed by atoms with Crippen LogP contribution in [0.5, 0.6) is 0 Å². The Morgan fingerprint density at radius 1 is 1.15 bits per heavy atom. The van der Waals surface area contributed by atoms with Crippen molar-refractivity contribution in [3.63, 3.8) is 0 Å². The quantitative estimate of drug-likeness (QED) is 0.689. The summed E-state index contributed by atoms with van der Waals surface area (Å²) in [6, 6.07) is 9.10. The van der Waals surface area contributed by atoms with Crippen LogP contribution in [0.4, 0.5) is 0 Å². The molecule has 1 fully saturated rings. The highest BCUT2D eigenvalue weighted by Gasteiger charge is 2.20. The van der Waals surface area contributed by atoms with Gasteiger partial charge in [0.25, 0.3) is 0 Å². The fourth-order valence-electron chi connectivity index (χ4n) is 2.99. The summed E-state index contributed by atoms with van der Waals surface area (Å²) in [6.07, 6.45) is 8.26. The van der Waals surface area contributed by atoms with Gasteiger partial charge in [-0.05, 0) is 62.3 Å². The van der Waals surface area contributed by atoms with Crippen molar-refractivity contribution in [2.45, 2.75) is 69.1 Å². The first kappa shape index (κ1) is 15.9. The van der Waals surface area contributed by atoms with Gasteiger partial charge in [0.05, 0.1) is 0 Å². The third-order valence-electron chi connectivity index (χ3n) is 4.33. The maximum absolute atomic E-state index is 3.49. The average Bonchev–Trinajstić information content (AvgIpc) is 2.49. The molecule has 1 aromatic carbocycles. The molecule has 1 N–H and O–H groups in total. The summed E-state index contributed by atoms with van der Waals surface area (Å²) in [7, 11) is 0. The van der Waals surface area contributed by atoms with Crippen molar-refractivity contribution in [1.82, 2.24) is 5.32 Å². The van der Waals surface area contributed by atoms with Crippen molar-refractivity contribution in [3.05, 3.63) is 29.8 Å². The maximum Gasteiger partial charge on any atom is 0.0205 e. The lowest BCUT2D eigenvalue weighted by molar-refractivity contribution is 0.356. The highest BCUT2D eigenvalue weighted by molar-refractivity contribution is 8.00. The number of thioether (sulfide) groups is 1. The van der Waals surface area contributed by atoms with Gasteiger partial charge in [0.2, 0.25) is 0 Å². The van der Waals surface area contributed by atoms with Crippen LogP contribution in [-0.2, 0) is 6.54 Å². The van der Waals surface area contributed by atoms with Crippen LogP contribution in [0, 0.1) is 5.92 Å². The van der Waals surface area contributed by atoms with Gasteiger partial charge in [0.1, 0.15) is 0 Å². The zero-order valence-electron chi connectivity index (χ0n) is 13.0. The topological polar surface area (TPSA) is 12.0 Å². The molecule has 1 saturated carbocycles. The van der Waals surface area contributed by atoms with Crippen molar-refractivity contribution in [2.75, 3.05) is 6.54 Å². The van der Waals surface area contributed by atoms with Gasteiger partial charge in [0, 0.05) is 16.7 Å². The zero-order valence-corrected chi connectivity index (χ0v) is 13.8. The number of nitrogens with one attached hydrogen (secondary N) is 1. The second-order valence-electron chi connectivity index (χ2n) is 5.99. The molecule has 0 aromatic heterocycles. The Morgan fingerprint density at radius 2 is 1.95 bits per heavy atom. The molecule has 0 heterocycles.